The first kappa shape index (κ1) is 34.0. The van der Waals surface area contributed by atoms with E-state index in [1.165, 1.54) is 5.56 Å². The van der Waals surface area contributed by atoms with Crippen LogP contribution in [-0.2, 0) is 10.8 Å². The van der Waals surface area contributed by atoms with Crippen LogP contribution >= 0.6 is 0 Å². The molecule has 57 heavy (non-hydrogen) atoms. The van der Waals surface area contributed by atoms with Gasteiger partial charge in [0.2, 0.25) is 0 Å². The first-order valence-corrected chi connectivity index (χ1v) is 19.6. The van der Waals surface area contributed by atoms with E-state index in [1.807, 2.05) is 91.3 Å². The van der Waals surface area contributed by atoms with E-state index in [-0.39, 0.29) is 22.1 Å². The molecule has 2 aromatic heterocycles. The zero-order chi connectivity index (χ0) is 42.7. The lowest BCUT2D eigenvalue weighted by Gasteiger charge is -2.22. The first-order valence-electron chi connectivity index (χ1n) is 21.1. The lowest BCUT2D eigenvalue weighted by molar-refractivity contribution is 0.472. The van der Waals surface area contributed by atoms with Crippen LogP contribution < -0.4 is 0 Å². The third-order valence-corrected chi connectivity index (χ3v) is 11.0. The predicted octanol–water partition coefficient (Wildman–Crippen LogP) is 14.0. The molecule has 8 aromatic rings. The number of fused-ring (bicyclic) bond motifs is 1. The van der Waals surface area contributed by atoms with Crippen LogP contribution in [0.2, 0.25) is 0 Å². The van der Waals surface area contributed by atoms with Crippen molar-refractivity contribution in [2.75, 3.05) is 0 Å². The monoisotopic (exact) mass is 748 g/mol. The maximum Gasteiger partial charge on any atom is 0.149 e. The van der Waals surface area contributed by atoms with Gasteiger partial charge in [-0.05, 0) is 136 Å². The van der Waals surface area contributed by atoms with Crippen LogP contribution in [0.4, 0.5) is 0 Å². The zero-order valence-electron chi connectivity index (χ0n) is 37.1. The molecule has 0 unspecified atom stereocenters. The maximum atomic E-state index is 11.7. The molecule has 1 N–H and O–H groups in total. The number of para-hydroxylation sites is 1. The molecule has 0 saturated carbocycles. The van der Waals surface area contributed by atoms with Crippen LogP contribution in [0, 0.1) is 20.7 Å². The number of hydrogen-bond donors (Lipinski definition) is 1. The number of aromatic hydroxyl groups is 1. The lowest BCUT2D eigenvalue weighted by atomic mass is 9.83. The van der Waals surface area contributed by atoms with E-state index in [4.69, 9.17) is 14.1 Å². The van der Waals surface area contributed by atoms with Gasteiger partial charge >= 0.3 is 0 Å². The van der Waals surface area contributed by atoms with Gasteiger partial charge in [0.15, 0.2) is 0 Å². The molecule has 4 nitrogen and oxygen atoms in total. The number of aryl methyl sites for hydroxylation is 3. The average molecular weight is 749 g/mol. The van der Waals surface area contributed by atoms with Gasteiger partial charge in [0.25, 0.3) is 0 Å². The molecule has 0 atom stereocenters. The number of phenolic OH excluding ortho intramolecular Hbond substituents is 1. The van der Waals surface area contributed by atoms with E-state index >= 15 is 0 Å². The van der Waals surface area contributed by atoms with Crippen molar-refractivity contribution in [1.29, 1.82) is 0 Å². The molecule has 4 heteroatoms. The Labute approximate surface area is 341 Å². The van der Waals surface area contributed by atoms with Crippen molar-refractivity contribution in [2.45, 2.75) is 73.1 Å². The van der Waals surface area contributed by atoms with E-state index in [0.29, 0.717) is 28.2 Å². The van der Waals surface area contributed by atoms with E-state index in [9.17, 15) is 5.11 Å². The average Bonchev–Trinajstić information content (AvgIpc) is 3.61. The van der Waals surface area contributed by atoms with Crippen molar-refractivity contribution in [2.24, 2.45) is 0 Å². The summed E-state index contributed by atoms with van der Waals surface area (Å²) in [5, 5.41) is 11.7. The number of aromatic nitrogens is 3. The van der Waals surface area contributed by atoms with Crippen LogP contribution in [0.5, 0.6) is 5.75 Å². The molecule has 0 fully saturated rings. The van der Waals surface area contributed by atoms with Crippen molar-refractivity contribution in [3.05, 3.63) is 167 Å². The summed E-state index contributed by atoms with van der Waals surface area (Å²) in [6.45, 7) is 14.7. The van der Waals surface area contributed by atoms with Crippen LogP contribution in [0.3, 0.4) is 0 Å². The van der Waals surface area contributed by atoms with Gasteiger partial charge in [-0.25, -0.2) is 4.98 Å². The smallest absolute Gasteiger partial charge is 0.149 e. The lowest BCUT2D eigenvalue weighted by Crippen LogP contribution is -2.11. The second kappa shape index (κ2) is 14.4. The molecule has 0 spiro atoms. The third kappa shape index (κ3) is 7.29. The van der Waals surface area contributed by atoms with Gasteiger partial charge in [-0.1, -0.05) is 126 Å². The number of nitrogens with zero attached hydrogens (tertiary/aromatic N) is 3. The van der Waals surface area contributed by atoms with Gasteiger partial charge in [0.1, 0.15) is 11.6 Å². The molecule has 0 saturated heterocycles. The molecule has 0 radical (unpaired) electrons. The minimum Gasteiger partial charge on any atom is -0.507 e. The van der Waals surface area contributed by atoms with Crippen LogP contribution in [0.15, 0.2) is 140 Å². The first-order chi connectivity index (χ1) is 28.4. The molecule has 8 rings (SSSR count). The van der Waals surface area contributed by atoms with Crippen LogP contribution in [-0.4, -0.2) is 19.6 Å². The van der Waals surface area contributed by atoms with Gasteiger partial charge in [0, 0.05) is 21.4 Å². The highest BCUT2D eigenvalue weighted by molar-refractivity contribution is 5.97. The van der Waals surface area contributed by atoms with Crippen molar-refractivity contribution >= 4 is 11.0 Å². The van der Waals surface area contributed by atoms with Gasteiger partial charge in [-0.3, -0.25) is 9.55 Å². The highest BCUT2D eigenvalue weighted by Gasteiger charge is 2.24. The molecule has 284 valence electrons. The molecule has 6 aromatic carbocycles. The summed E-state index contributed by atoms with van der Waals surface area (Å²) in [7, 11) is 0. The number of hydrogen-bond acceptors (Lipinski definition) is 3. The van der Waals surface area contributed by atoms with Crippen LogP contribution in [0.25, 0.3) is 72.7 Å². The Bertz CT molecular complexity index is 2890. The molecule has 0 amide bonds. The number of pyridine rings is 1. The Morgan fingerprint density at radius 2 is 1.25 bits per heavy atom. The molecule has 0 bridgehead atoms. The summed E-state index contributed by atoms with van der Waals surface area (Å²) in [6.07, 6.45) is 1.88. The van der Waals surface area contributed by atoms with Crippen molar-refractivity contribution < 1.29 is 9.22 Å². The topological polar surface area (TPSA) is 50.9 Å². The number of phenols is 1. The van der Waals surface area contributed by atoms with Gasteiger partial charge < -0.3 is 5.11 Å². The normalized spacial score (nSPS) is 13.0. The Hall–Kier alpha value is -6.26. The third-order valence-electron chi connectivity index (χ3n) is 11.0. The van der Waals surface area contributed by atoms with Crippen molar-refractivity contribution in [1.82, 2.24) is 14.5 Å². The number of benzene rings is 6. The fraction of sp³-hybridized carbons (Fsp3) is 0.208. The number of imidazole rings is 1. The molecule has 0 aliphatic carbocycles. The van der Waals surface area contributed by atoms with E-state index in [2.05, 4.69) is 102 Å². The minimum atomic E-state index is -2.46. The van der Waals surface area contributed by atoms with Gasteiger partial charge in [-0.15, -0.1) is 0 Å². The quantitative estimate of drug-likeness (QED) is 0.184. The molecule has 0 aliphatic rings. The predicted molar refractivity (Wildman–Crippen MR) is 239 cm³/mol. The molecular formula is C53H51N3O. The van der Waals surface area contributed by atoms with E-state index < -0.39 is 6.85 Å². The van der Waals surface area contributed by atoms with Crippen molar-refractivity contribution in [3.63, 3.8) is 0 Å². The maximum absolute atomic E-state index is 11.7. The Morgan fingerprint density at radius 3 is 1.96 bits per heavy atom. The summed E-state index contributed by atoms with van der Waals surface area (Å²) in [5.74, 6) is 0.560. The standard InChI is InChI=1S/C53H51N3O/c1-33-26-35(3)50(57)45(27-33)51-55-49-44(16-13-17-48(49)56(51)47-23-20-38(28-34(47)2)36-14-11-10-12-15-36)40-29-41(31-43(30-40)53(7,8)9)46-32-39(24-25-54-46)37-18-21-42(22-19-37)52(4,5)6/h10-32,57H,1-9H3/i2D3. The van der Waals surface area contributed by atoms with E-state index in [1.54, 1.807) is 6.07 Å². The second-order valence-corrected chi connectivity index (χ2v) is 17.3. The zero-order valence-corrected chi connectivity index (χ0v) is 34.1. The summed E-state index contributed by atoms with van der Waals surface area (Å²) in [4.78, 5) is 10.3. The fourth-order valence-electron chi connectivity index (χ4n) is 7.72. The van der Waals surface area contributed by atoms with Gasteiger partial charge in [0.05, 0.1) is 28.0 Å². The summed E-state index contributed by atoms with van der Waals surface area (Å²) in [6, 6.07) is 44.9. The second-order valence-electron chi connectivity index (χ2n) is 17.3. The Balaban J connectivity index is 1.36. The van der Waals surface area contributed by atoms with Gasteiger partial charge in [-0.2, -0.15) is 0 Å². The largest absolute Gasteiger partial charge is 0.507 e. The molecule has 0 aliphatic heterocycles. The summed E-state index contributed by atoms with van der Waals surface area (Å²) in [5.41, 5.74) is 14.2. The summed E-state index contributed by atoms with van der Waals surface area (Å²) < 4.78 is 28.3. The van der Waals surface area contributed by atoms with Crippen molar-refractivity contribution in [3.8, 4) is 67.5 Å². The summed E-state index contributed by atoms with van der Waals surface area (Å²) >= 11 is 0. The molecular weight excluding hydrogens is 695 g/mol. The number of rotatable bonds is 6. The Morgan fingerprint density at radius 1 is 0.561 bits per heavy atom. The highest BCUT2D eigenvalue weighted by atomic mass is 16.3. The Kier molecular flexibility index (Phi) is 8.57. The highest BCUT2D eigenvalue weighted by Crippen LogP contribution is 2.42. The van der Waals surface area contributed by atoms with Crippen LogP contribution in [0.1, 0.15) is 73.5 Å². The molecule has 2 heterocycles. The minimum absolute atomic E-state index is 0.0648. The fourth-order valence-corrected chi connectivity index (χ4v) is 7.72. The SMILES string of the molecule is [2H]C([2H])([2H])c1cc(-c2ccccc2)ccc1-n1c(-c2cc(C)cc(C)c2O)nc2c(-c3cc(-c4cc(-c5ccc(C(C)(C)C)cc5)ccn4)cc(C(C)(C)C)c3)cccc21. The van der Waals surface area contributed by atoms with E-state index in [0.717, 1.165) is 61.3 Å².